The Morgan fingerprint density at radius 2 is 2.31 bits per heavy atom. The molecule has 2 rings (SSSR count). The number of carboxylic acids is 1. The van der Waals surface area contributed by atoms with E-state index < -0.39 is 11.9 Å². The highest BCUT2D eigenvalue weighted by Crippen LogP contribution is 2.24. The van der Waals surface area contributed by atoms with Gasteiger partial charge in [0.25, 0.3) is 0 Å². The van der Waals surface area contributed by atoms with Crippen LogP contribution < -0.4 is 5.73 Å². The van der Waals surface area contributed by atoms with Gasteiger partial charge in [-0.15, -0.1) is 0 Å². The molecule has 0 aliphatic carbocycles. The highest BCUT2D eigenvalue weighted by molar-refractivity contribution is 5.85. The zero-order valence-corrected chi connectivity index (χ0v) is 9.03. The fraction of sp³-hybridized carbons (Fsp3) is 0.250. The van der Waals surface area contributed by atoms with Gasteiger partial charge in [-0.25, -0.2) is 0 Å². The molecule has 16 heavy (non-hydrogen) atoms. The monoisotopic (exact) mass is 218 g/mol. The van der Waals surface area contributed by atoms with Crippen molar-refractivity contribution in [3.8, 4) is 0 Å². The molecule has 0 spiro atoms. The van der Waals surface area contributed by atoms with Crippen LogP contribution in [0.15, 0.2) is 24.4 Å². The van der Waals surface area contributed by atoms with Gasteiger partial charge < -0.3 is 15.8 Å². The summed E-state index contributed by atoms with van der Waals surface area (Å²) in [7, 11) is 0. The van der Waals surface area contributed by atoms with E-state index in [-0.39, 0.29) is 6.54 Å². The molecule has 0 fully saturated rings. The van der Waals surface area contributed by atoms with Crippen LogP contribution in [0.2, 0.25) is 0 Å². The van der Waals surface area contributed by atoms with E-state index in [0.717, 1.165) is 22.0 Å². The van der Waals surface area contributed by atoms with Gasteiger partial charge in [0.15, 0.2) is 0 Å². The number of benzene rings is 1. The second-order valence-electron chi connectivity index (χ2n) is 3.91. The van der Waals surface area contributed by atoms with Crippen molar-refractivity contribution in [3.05, 3.63) is 35.5 Å². The van der Waals surface area contributed by atoms with Gasteiger partial charge in [0.05, 0.1) is 5.92 Å². The zero-order chi connectivity index (χ0) is 11.7. The van der Waals surface area contributed by atoms with Crippen LogP contribution >= 0.6 is 0 Å². The minimum Gasteiger partial charge on any atom is -0.481 e. The summed E-state index contributed by atoms with van der Waals surface area (Å²) in [6, 6.07) is 5.69. The summed E-state index contributed by atoms with van der Waals surface area (Å²) in [6.07, 6.45) is 1.85. The first kappa shape index (κ1) is 10.7. The molecule has 0 saturated carbocycles. The number of rotatable bonds is 3. The van der Waals surface area contributed by atoms with E-state index >= 15 is 0 Å². The molecule has 2 aromatic rings. The van der Waals surface area contributed by atoms with E-state index in [4.69, 9.17) is 10.8 Å². The first-order valence-corrected chi connectivity index (χ1v) is 5.14. The zero-order valence-electron chi connectivity index (χ0n) is 9.03. The topological polar surface area (TPSA) is 79.1 Å². The molecule has 0 aliphatic rings. The van der Waals surface area contributed by atoms with Crippen LogP contribution in [0.4, 0.5) is 0 Å². The predicted octanol–water partition coefficient (Wildman–Crippen LogP) is 1.60. The molecular weight excluding hydrogens is 204 g/mol. The Kier molecular flexibility index (Phi) is 2.66. The normalized spacial score (nSPS) is 12.9. The summed E-state index contributed by atoms with van der Waals surface area (Å²) >= 11 is 0. The second-order valence-corrected chi connectivity index (χ2v) is 3.91. The molecule has 1 atom stereocenters. The highest BCUT2D eigenvalue weighted by Gasteiger charge is 2.18. The van der Waals surface area contributed by atoms with E-state index in [0.29, 0.717) is 0 Å². The Labute approximate surface area is 93.1 Å². The molecule has 4 N–H and O–H groups in total. The maximum Gasteiger partial charge on any atom is 0.312 e. The number of hydrogen-bond donors (Lipinski definition) is 3. The molecule has 0 aliphatic heterocycles. The highest BCUT2D eigenvalue weighted by atomic mass is 16.4. The first-order chi connectivity index (χ1) is 7.63. The Bertz CT molecular complexity index is 531. The van der Waals surface area contributed by atoms with Gasteiger partial charge in [-0.05, 0) is 35.6 Å². The third-order valence-corrected chi connectivity index (χ3v) is 2.82. The molecule has 4 heteroatoms. The third-order valence-electron chi connectivity index (χ3n) is 2.82. The van der Waals surface area contributed by atoms with Crippen molar-refractivity contribution in [2.45, 2.75) is 12.8 Å². The molecule has 4 nitrogen and oxygen atoms in total. The number of fused-ring (bicyclic) bond motifs is 1. The lowest BCUT2D eigenvalue weighted by molar-refractivity contribution is -0.138. The predicted molar refractivity (Wildman–Crippen MR) is 62.5 cm³/mol. The average molecular weight is 218 g/mol. The van der Waals surface area contributed by atoms with Crippen molar-refractivity contribution in [2.75, 3.05) is 6.54 Å². The van der Waals surface area contributed by atoms with Crippen LogP contribution in [0.25, 0.3) is 10.9 Å². The second kappa shape index (κ2) is 3.98. The number of H-pyrrole nitrogens is 1. The van der Waals surface area contributed by atoms with Crippen molar-refractivity contribution in [2.24, 2.45) is 5.73 Å². The van der Waals surface area contributed by atoms with Crippen LogP contribution in [0.5, 0.6) is 0 Å². The number of aromatic amines is 1. The fourth-order valence-corrected chi connectivity index (χ4v) is 1.97. The minimum atomic E-state index is -0.878. The summed E-state index contributed by atoms with van der Waals surface area (Å²) in [5.41, 5.74) is 8.34. The molecule has 1 heterocycles. The van der Waals surface area contributed by atoms with Gasteiger partial charge in [0.1, 0.15) is 0 Å². The summed E-state index contributed by atoms with van der Waals surface area (Å²) in [4.78, 5) is 14.2. The molecule has 1 aromatic heterocycles. The van der Waals surface area contributed by atoms with Gasteiger partial charge >= 0.3 is 5.97 Å². The Morgan fingerprint density at radius 3 is 2.94 bits per heavy atom. The van der Waals surface area contributed by atoms with E-state index in [1.54, 1.807) is 0 Å². The quantitative estimate of drug-likeness (QED) is 0.732. The van der Waals surface area contributed by atoms with E-state index in [9.17, 15) is 4.79 Å². The summed E-state index contributed by atoms with van der Waals surface area (Å²) in [5.74, 6) is -1.50. The Morgan fingerprint density at radius 1 is 1.56 bits per heavy atom. The lowest BCUT2D eigenvalue weighted by atomic mass is 9.96. The molecular formula is C12H14N2O2. The van der Waals surface area contributed by atoms with Crippen LogP contribution in [0, 0.1) is 6.92 Å². The maximum atomic E-state index is 11.0. The van der Waals surface area contributed by atoms with Crippen LogP contribution in [-0.4, -0.2) is 22.6 Å². The van der Waals surface area contributed by atoms with Gasteiger partial charge in [-0.1, -0.05) is 6.07 Å². The van der Waals surface area contributed by atoms with Crippen LogP contribution in [0.3, 0.4) is 0 Å². The summed E-state index contributed by atoms with van der Waals surface area (Å²) in [6.45, 7) is 2.07. The molecule has 1 aromatic carbocycles. The molecule has 0 bridgehead atoms. The van der Waals surface area contributed by atoms with Gasteiger partial charge in [-0.2, -0.15) is 0 Å². The molecule has 0 radical (unpaired) electrons. The standard InChI is InChI=1S/C12H14N2O2/c1-7-4-9(10(6-13)12(15)16)5-8-2-3-14-11(7)8/h2-5,10,14H,6,13H2,1H3,(H,15,16). The van der Waals surface area contributed by atoms with Crippen LogP contribution in [0.1, 0.15) is 17.0 Å². The summed E-state index contributed by atoms with van der Waals surface area (Å²) < 4.78 is 0. The summed E-state index contributed by atoms with van der Waals surface area (Å²) in [5, 5.41) is 10.1. The number of aryl methyl sites for hydroxylation is 1. The smallest absolute Gasteiger partial charge is 0.312 e. The van der Waals surface area contributed by atoms with E-state index in [1.807, 2.05) is 31.3 Å². The van der Waals surface area contributed by atoms with Crippen molar-refractivity contribution >= 4 is 16.9 Å². The van der Waals surface area contributed by atoms with Crippen molar-refractivity contribution < 1.29 is 9.90 Å². The number of carboxylic acid groups (broad SMARTS) is 1. The number of nitrogens with one attached hydrogen (secondary N) is 1. The maximum absolute atomic E-state index is 11.0. The Hall–Kier alpha value is -1.81. The molecule has 1 unspecified atom stereocenters. The number of aliphatic carboxylic acids is 1. The van der Waals surface area contributed by atoms with Crippen molar-refractivity contribution in [1.29, 1.82) is 0 Å². The largest absolute Gasteiger partial charge is 0.481 e. The van der Waals surface area contributed by atoms with Gasteiger partial charge in [0, 0.05) is 18.3 Å². The Balaban J connectivity index is 2.56. The number of aromatic nitrogens is 1. The average Bonchev–Trinajstić information content (AvgIpc) is 2.66. The van der Waals surface area contributed by atoms with Crippen molar-refractivity contribution in [1.82, 2.24) is 4.98 Å². The number of nitrogens with two attached hydrogens (primary N) is 1. The van der Waals surface area contributed by atoms with Crippen LogP contribution in [-0.2, 0) is 4.79 Å². The molecule has 84 valence electrons. The van der Waals surface area contributed by atoms with Crippen molar-refractivity contribution in [3.63, 3.8) is 0 Å². The lowest BCUT2D eigenvalue weighted by Crippen LogP contribution is -2.21. The van der Waals surface area contributed by atoms with E-state index in [1.165, 1.54) is 0 Å². The minimum absolute atomic E-state index is 0.116. The third kappa shape index (κ3) is 1.67. The SMILES string of the molecule is Cc1cc(C(CN)C(=O)O)cc2cc[nH]c12. The lowest BCUT2D eigenvalue weighted by Gasteiger charge is -2.11. The number of carbonyl (C=O) groups is 1. The molecule has 0 saturated heterocycles. The first-order valence-electron chi connectivity index (χ1n) is 5.14. The fourth-order valence-electron chi connectivity index (χ4n) is 1.97. The van der Waals surface area contributed by atoms with E-state index in [2.05, 4.69) is 4.98 Å². The van der Waals surface area contributed by atoms with Gasteiger partial charge in [0.2, 0.25) is 0 Å². The molecule has 0 amide bonds. The van der Waals surface area contributed by atoms with Gasteiger partial charge in [-0.3, -0.25) is 4.79 Å². The number of hydrogen-bond acceptors (Lipinski definition) is 2.